The normalized spacial score (nSPS) is 15.6. The predicted molar refractivity (Wildman–Crippen MR) is 147 cm³/mol. The highest BCUT2D eigenvalue weighted by Crippen LogP contribution is 2.39. The lowest BCUT2D eigenvalue weighted by atomic mass is 9.85. The van der Waals surface area contributed by atoms with Crippen molar-refractivity contribution in [1.29, 1.82) is 0 Å². The molecule has 0 bridgehead atoms. The van der Waals surface area contributed by atoms with E-state index in [9.17, 15) is 9.90 Å². The largest absolute Gasteiger partial charge is 0.505 e. The number of piperazine rings is 1. The van der Waals surface area contributed by atoms with Gasteiger partial charge in [-0.25, -0.2) is 9.97 Å². The molecule has 0 unspecified atom stereocenters. The van der Waals surface area contributed by atoms with Gasteiger partial charge in [-0.15, -0.1) is 0 Å². The second-order valence-electron chi connectivity index (χ2n) is 10.6. The molecule has 5 rings (SSSR count). The lowest BCUT2D eigenvalue weighted by Gasteiger charge is -2.32. The second kappa shape index (κ2) is 10.2. The van der Waals surface area contributed by atoms with Crippen LogP contribution in [0.2, 0.25) is 0 Å². The third kappa shape index (κ3) is 5.27. The van der Waals surface area contributed by atoms with Gasteiger partial charge in [-0.2, -0.15) is 8.75 Å². The Hall–Kier alpha value is -3.77. The van der Waals surface area contributed by atoms with Gasteiger partial charge in [0.1, 0.15) is 11.5 Å². The third-order valence-corrected chi connectivity index (χ3v) is 7.13. The number of phenolic OH excluding ortho intramolecular Hbond substituents is 1. The summed E-state index contributed by atoms with van der Waals surface area (Å²) >= 11 is 1.02. The van der Waals surface area contributed by atoms with Gasteiger partial charge < -0.3 is 30.0 Å². The molecule has 3 N–H and O–H groups in total. The van der Waals surface area contributed by atoms with Crippen LogP contribution in [0.25, 0.3) is 11.3 Å². The molecular weight excluding hydrogens is 504 g/mol. The highest BCUT2D eigenvalue weighted by Gasteiger charge is 2.31. The first-order valence-electron chi connectivity index (χ1n) is 12.5. The molecule has 0 radical (unpaired) electrons. The van der Waals surface area contributed by atoms with Crippen molar-refractivity contribution in [3.8, 4) is 5.75 Å². The summed E-state index contributed by atoms with van der Waals surface area (Å²) in [6.07, 6.45) is 0. The summed E-state index contributed by atoms with van der Waals surface area (Å²) in [6.45, 7) is 11.0. The number of hydrogen-bond acceptors (Lipinski definition) is 11. The molecule has 1 aliphatic heterocycles. The van der Waals surface area contributed by atoms with Crippen LogP contribution in [0.1, 0.15) is 48.7 Å². The monoisotopic (exact) mass is 536 g/mol. The van der Waals surface area contributed by atoms with Gasteiger partial charge in [0.2, 0.25) is 11.3 Å². The van der Waals surface area contributed by atoms with Crippen LogP contribution in [0.5, 0.6) is 5.75 Å². The summed E-state index contributed by atoms with van der Waals surface area (Å²) in [5.41, 5.74) is 1.13. The third-order valence-electron chi connectivity index (χ3n) is 6.62. The minimum Gasteiger partial charge on any atom is -0.505 e. The van der Waals surface area contributed by atoms with Crippen molar-refractivity contribution in [2.45, 2.75) is 33.7 Å². The van der Waals surface area contributed by atoms with Crippen molar-refractivity contribution >= 4 is 46.3 Å². The smallest absolute Gasteiger partial charge is 0.257 e. The highest BCUT2D eigenvalue weighted by molar-refractivity contribution is 6.99. The van der Waals surface area contributed by atoms with Crippen molar-refractivity contribution in [2.24, 2.45) is 5.41 Å². The van der Waals surface area contributed by atoms with Crippen LogP contribution in [0, 0.1) is 12.3 Å². The van der Waals surface area contributed by atoms with E-state index in [2.05, 4.69) is 55.0 Å². The van der Waals surface area contributed by atoms with E-state index in [4.69, 9.17) is 4.42 Å². The molecule has 0 spiro atoms. The molecule has 0 aliphatic carbocycles. The summed E-state index contributed by atoms with van der Waals surface area (Å²) < 4.78 is 14.4. The Balaban J connectivity index is 1.49. The lowest BCUT2D eigenvalue weighted by molar-refractivity contribution is 0.0661. The van der Waals surface area contributed by atoms with E-state index in [1.807, 2.05) is 26.1 Å². The highest BCUT2D eigenvalue weighted by atomic mass is 32.1. The van der Waals surface area contributed by atoms with Gasteiger partial charge in [-0.1, -0.05) is 26.8 Å². The van der Waals surface area contributed by atoms with Crippen LogP contribution in [0.15, 0.2) is 34.7 Å². The van der Waals surface area contributed by atoms with Crippen LogP contribution < -0.4 is 10.6 Å². The number of nitrogens with zero attached hydrogens (tertiary/aromatic N) is 6. The number of aromatic nitrogens is 4. The molecule has 1 fully saturated rings. The number of aromatic hydroxyl groups is 1. The van der Waals surface area contributed by atoms with Gasteiger partial charge >= 0.3 is 0 Å². The zero-order valence-electron chi connectivity index (χ0n) is 22.1. The van der Waals surface area contributed by atoms with Gasteiger partial charge in [0.25, 0.3) is 5.91 Å². The van der Waals surface area contributed by atoms with Crippen molar-refractivity contribution in [3.05, 3.63) is 47.4 Å². The van der Waals surface area contributed by atoms with Gasteiger partial charge in [-0.3, -0.25) is 4.79 Å². The van der Waals surface area contributed by atoms with Crippen LogP contribution >= 0.6 is 11.7 Å². The number of anilines is 3. The summed E-state index contributed by atoms with van der Waals surface area (Å²) in [5, 5.41) is 17.8. The Morgan fingerprint density at radius 3 is 2.37 bits per heavy atom. The first kappa shape index (κ1) is 25.9. The van der Waals surface area contributed by atoms with Crippen LogP contribution in [0.4, 0.5) is 17.3 Å². The number of benzene rings is 1. The fourth-order valence-corrected chi connectivity index (χ4v) is 4.85. The Bertz CT molecular complexity index is 1450. The summed E-state index contributed by atoms with van der Waals surface area (Å²) in [5.74, 6) is 2.00. The van der Waals surface area contributed by atoms with Crippen molar-refractivity contribution in [2.75, 3.05) is 43.9 Å². The molecule has 12 heteroatoms. The molecular formula is C26H32N8O3S. The lowest BCUT2D eigenvalue weighted by Crippen LogP contribution is -2.47. The quantitative estimate of drug-likeness (QED) is 0.304. The predicted octanol–water partition coefficient (Wildman–Crippen LogP) is 4.42. The summed E-state index contributed by atoms with van der Waals surface area (Å²) in [7, 11) is 2.03. The SMILES string of the molecule is Cc1ccc([C@H](Nc2nc3nsnc3nc2Nc2cccc(C(=O)N3CCN(C)CC3)c2O)C(C)(C)C)o1. The average molecular weight is 537 g/mol. The Morgan fingerprint density at radius 1 is 1.05 bits per heavy atom. The number of phenols is 1. The molecule has 0 saturated carbocycles. The Morgan fingerprint density at radius 2 is 1.74 bits per heavy atom. The standard InChI is InChI=1S/C26H32N8O3S/c1-15-9-10-18(37-15)20(26(2,3)4)28-22-21(29-23-24(30-22)32-38-31-23)27-17-8-6-7-16(19(17)35)25(36)34-13-11-33(5)12-14-34/h6-10,20,35H,11-14H2,1-5H3,(H,27,29,31)(H,28,30,32)/t20-/m0/s1. The van der Waals surface area contributed by atoms with Gasteiger partial charge in [0.15, 0.2) is 17.4 Å². The number of fused-ring (bicyclic) bond motifs is 1. The topological polar surface area (TPSA) is 133 Å². The second-order valence-corrected chi connectivity index (χ2v) is 11.2. The molecule has 38 heavy (non-hydrogen) atoms. The number of nitrogens with one attached hydrogen (secondary N) is 2. The van der Waals surface area contributed by atoms with E-state index in [0.717, 1.165) is 36.3 Å². The maximum atomic E-state index is 13.2. The number of para-hydroxylation sites is 1. The van der Waals surface area contributed by atoms with Crippen molar-refractivity contribution in [3.63, 3.8) is 0 Å². The Labute approximate surface area is 225 Å². The molecule has 11 nitrogen and oxygen atoms in total. The zero-order valence-corrected chi connectivity index (χ0v) is 23.0. The minimum atomic E-state index is -0.242. The van der Waals surface area contributed by atoms with Crippen molar-refractivity contribution < 1.29 is 14.3 Å². The summed E-state index contributed by atoms with van der Waals surface area (Å²) in [6, 6.07) is 8.69. The zero-order chi connectivity index (χ0) is 27.0. The van der Waals surface area contributed by atoms with E-state index in [0.29, 0.717) is 41.7 Å². The fraction of sp³-hybridized carbons (Fsp3) is 0.423. The van der Waals surface area contributed by atoms with E-state index in [1.165, 1.54) is 0 Å². The number of likely N-dealkylation sites (N-methyl/N-ethyl adjacent to an activating group) is 1. The van der Waals surface area contributed by atoms with E-state index in [1.54, 1.807) is 23.1 Å². The first-order valence-corrected chi connectivity index (χ1v) is 13.2. The van der Waals surface area contributed by atoms with Gasteiger partial charge in [-0.05, 0) is 43.7 Å². The Kier molecular flexibility index (Phi) is 6.93. The molecule has 1 saturated heterocycles. The fourth-order valence-electron chi connectivity index (χ4n) is 4.41. The van der Waals surface area contributed by atoms with Crippen LogP contribution in [-0.4, -0.2) is 72.8 Å². The molecule has 1 amide bonds. The molecule has 1 aliphatic rings. The number of aryl methyl sites for hydroxylation is 1. The molecule has 3 aromatic heterocycles. The number of rotatable bonds is 6. The molecule has 1 aromatic carbocycles. The minimum absolute atomic E-state index is 0.144. The molecule has 4 heterocycles. The van der Waals surface area contributed by atoms with Crippen LogP contribution in [0.3, 0.4) is 0 Å². The number of carbonyl (C=O) groups is 1. The number of amides is 1. The van der Waals surface area contributed by atoms with Gasteiger partial charge in [0.05, 0.1) is 29.0 Å². The van der Waals surface area contributed by atoms with Crippen LogP contribution in [-0.2, 0) is 0 Å². The molecule has 200 valence electrons. The molecule has 4 aromatic rings. The number of furan rings is 1. The number of hydrogen-bond donors (Lipinski definition) is 3. The molecule has 1 atom stereocenters. The average Bonchev–Trinajstić information content (AvgIpc) is 3.51. The maximum Gasteiger partial charge on any atom is 0.257 e. The first-order chi connectivity index (χ1) is 18.1. The van der Waals surface area contributed by atoms with E-state index >= 15 is 0 Å². The number of carbonyl (C=O) groups excluding carboxylic acids is 1. The van der Waals surface area contributed by atoms with Gasteiger partial charge in [0, 0.05) is 26.2 Å². The maximum absolute atomic E-state index is 13.2. The van der Waals surface area contributed by atoms with E-state index < -0.39 is 0 Å². The van der Waals surface area contributed by atoms with Crippen molar-refractivity contribution in [1.82, 2.24) is 28.5 Å². The summed E-state index contributed by atoms with van der Waals surface area (Å²) in [4.78, 5) is 26.5. The van der Waals surface area contributed by atoms with E-state index in [-0.39, 0.29) is 28.7 Å².